The van der Waals surface area contributed by atoms with Crippen LogP contribution in [0.15, 0.2) is 42.7 Å². The van der Waals surface area contributed by atoms with Crippen molar-refractivity contribution in [2.75, 3.05) is 5.32 Å². The van der Waals surface area contributed by atoms with Crippen molar-refractivity contribution in [3.8, 4) is 10.6 Å². The Kier molecular flexibility index (Phi) is 6.83. The zero-order chi connectivity index (χ0) is 23.7. The summed E-state index contributed by atoms with van der Waals surface area (Å²) >= 11 is 3.26. The minimum absolute atomic E-state index is 0.0627. The number of aromatic nitrogens is 2. The molecule has 2 N–H and O–H groups in total. The van der Waals surface area contributed by atoms with Crippen LogP contribution in [0, 0.1) is 0 Å². The number of pyridine rings is 1. The quantitative estimate of drug-likeness (QED) is 0.236. The number of hydrogen-bond acceptors (Lipinski definition) is 6. The molecule has 0 fully saturated rings. The molecule has 0 atom stereocenters. The number of nitrogens with zero attached hydrogens (tertiary/aromatic N) is 2. The van der Waals surface area contributed by atoms with E-state index in [1.54, 1.807) is 29.6 Å². The van der Waals surface area contributed by atoms with Gasteiger partial charge in [-0.1, -0.05) is 12.1 Å². The van der Waals surface area contributed by atoms with Crippen LogP contribution in [0.2, 0.25) is 0 Å². The molecule has 0 aliphatic carbocycles. The predicted octanol–water partition coefficient (Wildman–Crippen LogP) is 4.84. The van der Waals surface area contributed by atoms with Gasteiger partial charge in [0.25, 0.3) is 0 Å². The van der Waals surface area contributed by atoms with Gasteiger partial charge in [-0.05, 0) is 19.1 Å². The molecule has 0 unspecified atom stereocenters. The average Bonchev–Trinajstić information content (AvgIpc) is 3.25. The van der Waals surface area contributed by atoms with E-state index in [-0.39, 0.29) is 5.91 Å². The number of carbonyl (C=O) groups excluding carboxylic acids is 1. The van der Waals surface area contributed by atoms with Gasteiger partial charge in [0.05, 0.1) is 15.8 Å². The maximum Gasteiger partial charge on any atom is 0.522 e. The van der Waals surface area contributed by atoms with Gasteiger partial charge in [-0.15, -0.1) is 22.7 Å². The number of aryl methyl sites for hydroxylation is 1. The highest BCUT2D eigenvalue weighted by Crippen LogP contribution is 2.44. The van der Waals surface area contributed by atoms with Crippen molar-refractivity contribution in [3.05, 3.63) is 42.7 Å². The number of hydrogen-bond donors (Lipinski definition) is 2. The summed E-state index contributed by atoms with van der Waals surface area (Å²) in [4.78, 5) is 16.4. The fraction of sp³-hybridized carbons (Fsp3) is 0.211. The van der Waals surface area contributed by atoms with E-state index >= 15 is 0 Å². The molecule has 4 aromatic rings. The predicted molar refractivity (Wildman–Crippen MR) is 118 cm³/mol. The number of para-hydroxylation sites is 1. The summed E-state index contributed by atoms with van der Waals surface area (Å²) in [5.41, 5.74) is -3.52. The number of benzene rings is 1. The number of halogens is 3. The third kappa shape index (κ3) is 5.23. The number of anilines is 1. The van der Waals surface area contributed by atoms with Crippen molar-refractivity contribution in [1.82, 2.24) is 4.98 Å². The summed E-state index contributed by atoms with van der Waals surface area (Å²) < 4.78 is 62.0. The SMILES string of the molecule is CC[n+]1ccc2c(-c3nc4ccccc4s3)c(NC(C)=O)sc2c1.O=S(=O)(O)C(F)(F)F. The van der Waals surface area contributed by atoms with Gasteiger partial charge in [-0.3, -0.25) is 9.35 Å². The Bertz CT molecular complexity index is 1360. The van der Waals surface area contributed by atoms with Gasteiger partial charge in [0.15, 0.2) is 12.4 Å². The van der Waals surface area contributed by atoms with Gasteiger partial charge in [-0.25, -0.2) is 9.55 Å². The van der Waals surface area contributed by atoms with E-state index in [0.717, 1.165) is 42.4 Å². The first kappa shape index (κ1) is 24.0. The number of carbonyl (C=O) groups is 1. The number of amides is 1. The van der Waals surface area contributed by atoms with E-state index in [4.69, 9.17) is 18.0 Å². The monoisotopic (exact) mass is 504 g/mol. The number of thiazole rings is 1. The average molecular weight is 505 g/mol. The summed E-state index contributed by atoms with van der Waals surface area (Å²) in [5, 5.41) is 5.92. The number of alkyl halides is 3. The lowest BCUT2D eigenvalue weighted by Crippen LogP contribution is -2.30. The minimum atomic E-state index is -5.84. The number of rotatable bonds is 3. The van der Waals surface area contributed by atoms with E-state index < -0.39 is 15.6 Å². The Labute approximate surface area is 188 Å². The van der Waals surface area contributed by atoms with Gasteiger partial charge in [-0.2, -0.15) is 21.6 Å². The maximum atomic E-state index is 11.6. The second-order valence-corrected chi connectivity index (χ2v) is 9.94. The van der Waals surface area contributed by atoms with E-state index in [9.17, 15) is 18.0 Å². The van der Waals surface area contributed by atoms with Crippen molar-refractivity contribution < 1.29 is 35.5 Å². The van der Waals surface area contributed by atoms with E-state index in [1.807, 2.05) is 18.2 Å². The molecule has 0 bridgehead atoms. The van der Waals surface area contributed by atoms with Crippen LogP contribution in [0.5, 0.6) is 0 Å². The Hall–Kier alpha value is -2.61. The molecule has 13 heteroatoms. The molecule has 4 rings (SSSR count). The van der Waals surface area contributed by atoms with Gasteiger partial charge in [0, 0.05) is 18.4 Å². The fourth-order valence-corrected chi connectivity index (χ4v) is 5.01. The van der Waals surface area contributed by atoms with Gasteiger partial charge >= 0.3 is 15.6 Å². The first-order chi connectivity index (χ1) is 14.9. The zero-order valence-corrected chi connectivity index (χ0v) is 19.1. The Morgan fingerprint density at radius 1 is 1.19 bits per heavy atom. The molecule has 0 radical (unpaired) electrons. The lowest BCUT2D eigenvalue weighted by atomic mass is 10.2. The molecule has 0 spiro atoms. The summed E-state index contributed by atoms with van der Waals surface area (Å²) in [6.45, 7) is 4.57. The summed E-state index contributed by atoms with van der Waals surface area (Å²) in [6.07, 6.45) is 4.20. The number of nitrogens with one attached hydrogen (secondary N) is 1. The standard InChI is InChI=1S/C18H15N3OS2.CHF3O3S/c1-3-21-9-8-12-15(10-21)24-17(19-11(2)22)16(12)18-20-13-6-4-5-7-14(13)23-18;2-1(3,4)8(5,6)7/h4-10H,3H2,1-2H3;(H,5,6,7)/p+1. The molecule has 32 heavy (non-hydrogen) atoms. The van der Waals surface area contributed by atoms with Crippen molar-refractivity contribution in [3.63, 3.8) is 0 Å². The second kappa shape index (κ2) is 9.10. The summed E-state index contributed by atoms with van der Waals surface area (Å²) in [7, 11) is -5.84. The Balaban J connectivity index is 0.000000312. The summed E-state index contributed by atoms with van der Waals surface area (Å²) in [5.74, 6) is -0.0627. The molecule has 0 aliphatic heterocycles. The fourth-order valence-electron chi connectivity index (χ4n) is 2.72. The molecule has 3 aromatic heterocycles. The van der Waals surface area contributed by atoms with Gasteiger partial charge in [0.1, 0.15) is 21.3 Å². The lowest BCUT2D eigenvalue weighted by Gasteiger charge is -2.01. The van der Waals surface area contributed by atoms with Crippen LogP contribution in [0.25, 0.3) is 30.9 Å². The molecule has 170 valence electrons. The highest BCUT2D eigenvalue weighted by molar-refractivity contribution is 7.86. The smallest absolute Gasteiger partial charge is 0.317 e. The van der Waals surface area contributed by atoms with Crippen molar-refractivity contribution in [1.29, 1.82) is 0 Å². The Morgan fingerprint density at radius 2 is 1.84 bits per heavy atom. The third-order valence-electron chi connectivity index (χ3n) is 4.14. The first-order valence-corrected chi connectivity index (χ1v) is 12.1. The highest BCUT2D eigenvalue weighted by atomic mass is 32.2. The zero-order valence-electron chi connectivity index (χ0n) is 16.7. The van der Waals surface area contributed by atoms with Crippen LogP contribution >= 0.6 is 22.7 Å². The van der Waals surface area contributed by atoms with Crippen LogP contribution < -0.4 is 9.88 Å². The van der Waals surface area contributed by atoms with Crippen molar-refractivity contribution >= 4 is 64.0 Å². The molecular formula is C19H17F3N3O4S3+. The lowest BCUT2D eigenvalue weighted by molar-refractivity contribution is -0.692. The van der Waals surface area contributed by atoms with Crippen LogP contribution in [0.4, 0.5) is 18.2 Å². The topological polar surface area (TPSA) is 100 Å². The van der Waals surface area contributed by atoms with Crippen LogP contribution in [-0.2, 0) is 21.5 Å². The van der Waals surface area contributed by atoms with Gasteiger partial charge < -0.3 is 5.32 Å². The molecule has 0 saturated heterocycles. The van der Waals surface area contributed by atoms with E-state index in [0.29, 0.717) is 0 Å². The van der Waals surface area contributed by atoms with E-state index in [1.165, 1.54) is 0 Å². The van der Waals surface area contributed by atoms with Crippen LogP contribution in [-0.4, -0.2) is 29.4 Å². The van der Waals surface area contributed by atoms with Crippen molar-refractivity contribution in [2.24, 2.45) is 0 Å². The summed E-state index contributed by atoms with van der Waals surface area (Å²) in [6, 6.07) is 10.2. The maximum absolute atomic E-state index is 11.6. The first-order valence-electron chi connectivity index (χ1n) is 9.03. The molecular weight excluding hydrogens is 487 g/mol. The number of fused-ring (bicyclic) bond motifs is 2. The minimum Gasteiger partial charge on any atom is -0.317 e. The third-order valence-corrected chi connectivity index (χ3v) is 6.84. The molecule has 3 heterocycles. The molecule has 7 nitrogen and oxygen atoms in total. The van der Waals surface area contributed by atoms with Gasteiger partial charge in [0.2, 0.25) is 5.91 Å². The highest BCUT2D eigenvalue weighted by Gasteiger charge is 2.44. The molecule has 0 saturated carbocycles. The number of thiophene rings is 1. The molecule has 0 aliphatic rings. The normalized spacial score (nSPS) is 11.9. The van der Waals surface area contributed by atoms with E-state index in [2.05, 4.69) is 41.3 Å². The van der Waals surface area contributed by atoms with Crippen LogP contribution in [0.1, 0.15) is 13.8 Å². The molecule has 1 amide bonds. The molecule has 1 aromatic carbocycles. The second-order valence-electron chi connectivity index (χ2n) is 6.45. The van der Waals surface area contributed by atoms with Crippen LogP contribution in [0.3, 0.4) is 0 Å². The largest absolute Gasteiger partial charge is 0.522 e. The Morgan fingerprint density at radius 3 is 2.41 bits per heavy atom. The van der Waals surface area contributed by atoms with Crippen molar-refractivity contribution in [2.45, 2.75) is 25.9 Å².